The zero-order chi connectivity index (χ0) is 22.8. The van der Waals surface area contributed by atoms with Crippen LogP contribution in [0.1, 0.15) is 25.8 Å². The number of amides is 3. The van der Waals surface area contributed by atoms with Gasteiger partial charge in [0.05, 0.1) is 26.3 Å². The van der Waals surface area contributed by atoms with Gasteiger partial charge in [0.25, 0.3) is 0 Å². The fourth-order valence-electron chi connectivity index (χ4n) is 2.58. The van der Waals surface area contributed by atoms with E-state index in [2.05, 4.69) is 21.2 Å². The Morgan fingerprint density at radius 2 is 1.65 bits per heavy atom. The molecule has 2 rings (SSSR count). The first-order valence-corrected chi connectivity index (χ1v) is 9.61. The predicted molar refractivity (Wildman–Crippen MR) is 118 cm³/mol. The summed E-state index contributed by atoms with van der Waals surface area (Å²) in [6.07, 6.45) is 0.789. The van der Waals surface area contributed by atoms with E-state index in [4.69, 9.17) is 9.47 Å². The molecular weight excluding hydrogens is 400 g/mol. The average Bonchev–Trinajstić information content (AvgIpc) is 2.78. The molecule has 164 valence electrons. The lowest BCUT2D eigenvalue weighted by atomic mass is 10.1. The van der Waals surface area contributed by atoms with Crippen LogP contribution in [0.5, 0.6) is 11.5 Å². The number of nitrogens with zero attached hydrogens (tertiary/aromatic N) is 1. The molecule has 0 aliphatic rings. The van der Waals surface area contributed by atoms with Gasteiger partial charge in [-0.2, -0.15) is 5.10 Å². The van der Waals surface area contributed by atoms with Gasteiger partial charge in [0.2, 0.25) is 5.91 Å². The summed E-state index contributed by atoms with van der Waals surface area (Å²) in [5.41, 5.74) is 4.56. The Morgan fingerprint density at radius 1 is 0.935 bits per heavy atom. The molecule has 0 aliphatic heterocycles. The number of carbonyl (C=O) groups excluding carboxylic acids is 3. The van der Waals surface area contributed by atoms with Gasteiger partial charge in [0.1, 0.15) is 11.5 Å². The molecule has 0 unspecified atom stereocenters. The van der Waals surface area contributed by atoms with Crippen LogP contribution in [0.25, 0.3) is 0 Å². The normalized spacial score (nSPS) is 10.8. The molecule has 0 saturated heterocycles. The van der Waals surface area contributed by atoms with Crippen molar-refractivity contribution >= 4 is 34.8 Å². The van der Waals surface area contributed by atoms with Gasteiger partial charge >= 0.3 is 11.8 Å². The minimum Gasteiger partial charge on any atom is -0.497 e. The van der Waals surface area contributed by atoms with Crippen LogP contribution in [0, 0.1) is 0 Å². The Bertz CT molecular complexity index is 970. The largest absolute Gasteiger partial charge is 0.497 e. The van der Waals surface area contributed by atoms with Gasteiger partial charge in [-0.3, -0.25) is 14.4 Å². The molecule has 9 nitrogen and oxygen atoms in total. The van der Waals surface area contributed by atoms with E-state index in [1.807, 2.05) is 19.1 Å². The van der Waals surface area contributed by atoms with E-state index in [0.717, 1.165) is 12.0 Å². The summed E-state index contributed by atoms with van der Waals surface area (Å²) in [6, 6.07) is 12.2. The third kappa shape index (κ3) is 7.14. The molecule has 0 bridgehead atoms. The van der Waals surface area contributed by atoms with Gasteiger partial charge < -0.3 is 20.1 Å². The van der Waals surface area contributed by atoms with Gasteiger partial charge in [0, 0.05) is 17.5 Å². The van der Waals surface area contributed by atoms with E-state index in [1.54, 1.807) is 37.3 Å². The van der Waals surface area contributed by atoms with Crippen LogP contribution in [0.3, 0.4) is 0 Å². The molecule has 0 atom stereocenters. The van der Waals surface area contributed by atoms with Crippen molar-refractivity contribution < 1.29 is 23.9 Å². The van der Waals surface area contributed by atoms with Crippen molar-refractivity contribution in [3.63, 3.8) is 0 Å². The fourth-order valence-corrected chi connectivity index (χ4v) is 2.58. The number of nitrogens with one attached hydrogen (secondary N) is 3. The summed E-state index contributed by atoms with van der Waals surface area (Å²) in [7, 11) is 3.01. The third-order valence-corrected chi connectivity index (χ3v) is 4.27. The molecule has 3 amide bonds. The number of hydrogen-bond acceptors (Lipinski definition) is 6. The van der Waals surface area contributed by atoms with E-state index in [9.17, 15) is 14.4 Å². The maximum Gasteiger partial charge on any atom is 0.329 e. The van der Waals surface area contributed by atoms with Crippen molar-refractivity contribution in [1.29, 1.82) is 0 Å². The molecule has 2 aromatic rings. The monoisotopic (exact) mass is 426 g/mol. The molecule has 0 spiro atoms. The Hall–Kier alpha value is -3.88. The molecular formula is C22H26N4O5. The highest BCUT2D eigenvalue weighted by atomic mass is 16.5. The summed E-state index contributed by atoms with van der Waals surface area (Å²) in [4.78, 5) is 36.2. The van der Waals surface area contributed by atoms with Crippen molar-refractivity contribution in [2.45, 2.75) is 26.7 Å². The number of ether oxygens (including phenoxy) is 2. The summed E-state index contributed by atoms with van der Waals surface area (Å²) in [5.74, 6) is -1.11. The Morgan fingerprint density at radius 3 is 2.26 bits per heavy atom. The fraction of sp³-hybridized carbons (Fsp3) is 0.273. The SMILES string of the molecule is CCc1ccc(NC(=O)C(=O)NN=C(C)CC(=O)Nc2ccc(OC)cc2OC)cc1. The van der Waals surface area contributed by atoms with Gasteiger partial charge in [0.15, 0.2) is 0 Å². The van der Waals surface area contributed by atoms with E-state index >= 15 is 0 Å². The number of rotatable bonds is 8. The molecule has 0 heterocycles. The van der Waals surface area contributed by atoms with Crippen LogP contribution in [-0.2, 0) is 20.8 Å². The van der Waals surface area contributed by atoms with Crippen molar-refractivity contribution in [3.8, 4) is 11.5 Å². The molecule has 3 N–H and O–H groups in total. The zero-order valence-electron chi connectivity index (χ0n) is 17.9. The lowest BCUT2D eigenvalue weighted by Gasteiger charge is -2.11. The van der Waals surface area contributed by atoms with E-state index in [-0.39, 0.29) is 12.3 Å². The molecule has 9 heteroatoms. The lowest BCUT2D eigenvalue weighted by molar-refractivity contribution is -0.136. The first-order chi connectivity index (χ1) is 14.9. The summed E-state index contributed by atoms with van der Waals surface area (Å²) < 4.78 is 10.4. The Kier molecular flexibility index (Phi) is 8.56. The Balaban J connectivity index is 1.87. The third-order valence-electron chi connectivity index (χ3n) is 4.27. The minimum atomic E-state index is -0.934. The maximum absolute atomic E-state index is 12.2. The molecule has 0 aliphatic carbocycles. The van der Waals surface area contributed by atoms with Crippen molar-refractivity contribution in [3.05, 3.63) is 48.0 Å². The molecule has 0 fully saturated rings. The number of benzene rings is 2. The van der Waals surface area contributed by atoms with Crippen LogP contribution in [0.2, 0.25) is 0 Å². The van der Waals surface area contributed by atoms with Crippen LogP contribution in [0.4, 0.5) is 11.4 Å². The molecule has 0 aromatic heterocycles. The summed E-state index contributed by atoms with van der Waals surface area (Å²) in [5, 5.41) is 9.00. The van der Waals surface area contributed by atoms with Crippen LogP contribution >= 0.6 is 0 Å². The van der Waals surface area contributed by atoms with Crippen molar-refractivity contribution in [1.82, 2.24) is 5.43 Å². The second-order valence-electron chi connectivity index (χ2n) is 6.58. The van der Waals surface area contributed by atoms with E-state index in [0.29, 0.717) is 28.6 Å². The topological polar surface area (TPSA) is 118 Å². The quantitative estimate of drug-likeness (QED) is 0.341. The van der Waals surface area contributed by atoms with Gasteiger partial charge in [-0.05, 0) is 43.2 Å². The van der Waals surface area contributed by atoms with Gasteiger partial charge in [-0.15, -0.1) is 0 Å². The molecule has 0 radical (unpaired) electrons. The first kappa shape index (κ1) is 23.4. The minimum absolute atomic E-state index is 0.0877. The van der Waals surface area contributed by atoms with Crippen LogP contribution in [-0.4, -0.2) is 37.7 Å². The number of anilines is 2. The lowest BCUT2D eigenvalue weighted by Crippen LogP contribution is -2.33. The second-order valence-corrected chi connectivity index (χ2v) is 6.58. The maximum atomic E-state index is 12.2. The highest BCUT2D eigenvalue weighted by Gasteiger charge is 2.14. The second kappa shape index (κ2) is 11.3. The average molecular weight is 426 g/mol. The van der Waals surface area contributed by atoms with E-state index in [1.165, 1.54) is 14.2 Å². The number of carbonyl (C=O) groups is 3. The van der Waals surface area contributed by atoms with Crippen LogP contribution in [0.15, 0.2) is 47.6 Å². The number of hydrazone groups is 1. The smallest absolute Gasteiger partial charge is 0.329 e. The molecule has 0 saturated carbocycles. The van der Waals surface area contributed by atoms with E-state index < -0.39 is 11.8 Å². The standard InChI is InChI=1S/C22H26N4O5/c1-5-15-6-8-16(9-7-15)23-21(28)22(29)26-25-14(2)12-20(27)24-18-11-10-17(30-3)13-19(18)31-4/h6-11,13H,5,12H2,1-4H3,(H,23,28)(H,24,27)(H,26,29). The van der Waals surface area contributed by atoms with Gasteiger partial charge in [-0.25, -0.2) is 5.43 Å². The highest BCUT2D eigenvalue weighted by Crippen LogP contribution is 2.29. The van der Waals surface area contributed by atoms with Gasteiger partial charge in [-0.1, -0.05) is 19.1 Å². The van der Waals surface area contributed by atoms with Crippen molar-refractivity contribution in [2.75, 3.05) is 24.9 Å². The molecule has 31 heavy (non-hydrogen) atoms. The highest BCUT2D eigenvalue weighted by molar-refractivity contribution is 6.39. The molecule has 2 aromatic carbocycles. The number of hydrogen-bond donors (Lipinski definition) is 3. The summed E-state index contributed by atoms with van der Waals surface area (Å²) >= 11 is 0. The predicted octanol–water partition coefficient (Wildman–Crippen LogP) is 2.73. The first-order valence-electron chi connectivity index (χ1n) is 9.61. The Labute approximate surface area is 180 Å². The summed E-state index contributed by atoms with van der Waals surface area (Å²) in [6.45, 7) is 3.58. The van der Waals surface area contributed by atoms with Crippen molar-refractivity contribution in [2.24, 2.45) is 5.10 Å². The number of methoxy groups -OCH3 is 2. The number of aryl methyl sites for hydroxylation is 1. The zero-order valence-corrected chi connectivity index (χ0v) is 17.9. The van der Waals surface area contributed by atoms with Crippen LogP contribution < -0.4 is 25.5 Å².